The highest BCUT2D eigenvalue weighted by molar-refractivity contribution is 5.45. The molecule has 3 N–H and O–H groups in total. The van der Waals surface area contributed by atoms with Crippen molar-refractivity contribution in [3.63, 3.8) is 0 Å². The van der Waals surface area contributed by atoms with E-state index >= 15 is 0 Å². The number of phenolic OH excluding ortho intramolecular Hbond substituents is 2. The lowest BCUT2D eigenvalue weighted by atomic mass is 9.90. The minimum Gasteiger partial charge on any atom is -0.504 e. The van der Waals surface area contributed by atoms with Gasteiger partial charge in [0.05, 0.1) is 5.60 Å². The van der Waals surface area contributed by atoms with E-state index in [0.717, 1.165) is 43.2 Å². The van der Waals surface area contributed by atoms with Crippen molar-refractivity contribution in [1.82, 2.24) is 0 Å². The molecule has 0 radical (unpaired) electrons. The zero-order chi connectivity index (χ0) is 22.7. The smallest absolute Gasteiger partial charge is 0.157 e. The van der Waals surface area contributed by atoms with Crippen LogP contribution < -0.4 is 0 Å². The summed E-state index contributed by atoms with van der Waals surface area (Å²) in [6, 6.07) is 3.17. The van der Waals surface area contributed by atoms with Gasteiger partial charge in [0.15, 0.2) is 11.5 Å². The van der Waals surface area contributed by atoms with Crippen LogP contribution in [0, 0.1) is 6.92 Å². The third-order valence-electron chi connectivity index (χ3n) is 5.66. The maximum absolute atomic E-state index is 10.7. The van der Waals surface area contributed by atoms with E-state index in [1.165, 1.54) is 16.7 Å². The van der Waals surface area contributed by atoms with Crippen molar-refractivity contribution >= 4 is 0 Å². The molecule has 0 aliphatic rings. The number of aromatic hydroxyl groups is 2. The molecule has 0 aromatic heterocycles. The molecule has 30 heavy (non-hydrogen) atoms. The molecule has 0 amide bonds. The Kier molecular flexibility index (Phi) is 11.0. The summed E-state index contributed by atoms with van der Waals surface area (Å²) in [5.41, 5.74) is 5.36. The molecule has 0 bridgehead atoms. The number of allylic oxidation sites excluding steroid dienone is 6. The molecule has 1 aromatic carbocycles. The highest BCUT2D eigenvalue weighted by atomic mass is 16.3. The van der Waals surface area contributed by atoms with Crippen molar-refractivity contribution < 1.29 is 15.3 Å². The molecule has 0 heterocycles. The van der Waals surface area contributed by atoms with E-state index < -0.39 is 5.60 Å². The molecule has 0 aliphatic heterocycles. The number of hydrogen-bond acceptors (Lipinski definition) is 3. The first-order valence-electron chi connectivity index (χ1n) is 11.2. The average molecular weight is 415 g/mol. The van der Waals surface area contributed by atoms with Crippen molar-refractivity contribution in [3.8, 4) is 11.5 Å². The summed E-state index contributed by atoms with van der Waals surface area (Å²) in [6.07, 6.45) is 14.2. The van der Waals surface area contributed by atoms with E-state index in [1.807, 2.05) is 13.8 Å². The fraction of sp³-hybridized carbons (Fsp3) is 0.556. The molecule has 0 spiro atoms. The van der Waals surface area contributed by atoms with Gasteiger partial charge in [0.2, 0.25) is 0 Å². The standard InChI is InChI=1S/C27H42O3/c1-20(2)10-7-11-21(3)12-8-13-22(4)14-9-16-27(6,30)17-15-24-19-26(29)25(28)18-23(24)5/h10,12,14,18-19,28-30H,7-9,11,13,15-17H2,1-6H3/b21-12+,22-14+. The van der Waals surface area contributed by atoms with E-state index in [1.54, 1.807) is 12.1 Å². The predicted octanol–water partition coefficient (Wildman–Crippen LogP) is 7.29. The number of hydrogen-bond donors (Lipinski definition) is 3. The maximum atomic E-state index is 10.7. The van der Waals surface area contributed by atoms with Gasteiger partial charge in [0.25, 0.3) is 0 Å². The molecule has 0 aliphatic carbocycles. The Morgan fingerprint density at radius 2 is 1.37 bits per heavy atom. The van der Waals surface area contributed by atoms with Crippen LogP contribution in [-0.2, 0) is 6.42 Å². The van der Waals surface area contributed by atoms with Crippen molar-refractivity contribution in [2.45, 2.75) is 98.5 Å². The van der Waals surface area contributed by atoms with Gasteiger partial charge in [0, 0.05) is 0 Å². The quantitative estimate of drug-likeness (QED) is 0.248. The maximum Gasteiger partial charge on any atom is 0.157 e. The molecule has 1 rings (SSSR count). The molecule has 1 atom stereocenters. The normalized spacial score (nSPS) is 14.5. The van der Waals surface area contributed by atoms with Gasteiger partial charge >= 0.3 is 0 Å². The first-order valence-corrected chi connectivity index (χ1v) is 11.2. The summed E-state index contributed by atoms with van der Waals surface area (Å²) in [4.78, 5) is 0. The molecular formula is C27H42O3. The summed E-state index contributed by atoms with van der Waals surface area (Å²) in [5.74, 6) is -0.198. The second kappa shape index (κ2) is 12.6. The number of aliphatic hydroxyl groups is 1. The van der Waals surface area contributed by atoms with Crippen LogP contribution in [-0.4, -0.2) is 20.9 Å². The van der Waals surface area contributed by atoms with E-state index in [4.69, 9.17) is 0 Å². The van der Waals surface area contributed by atoms with Gasteiger partial charge in [-0.05, 0) is 116 Å². The van der Waals surface area contributed by atoms with Crippen molar-refractivity contribution in [3.05, 3.63) is 58.2 Å². The highest BCUT2D eigenvalue weighted by Crippen LogP contribution is 2.30. The van der Waals surface area contributed by atoms with Crippen molar-refractivity contribution in [2.75, 3.05) is 0 Å². The Balaban J connectivity index is 2.40. The number of rotatable bonds is 12. The Labute approximate surface area is 183 Å². The van der Waals surface area contributed by atoms with Gasteiger partial charge < -0.3 is 15.3 Å². The first kappa shape index (κ1) is 26.0. The third kappa shape index (κ3) is 10.7. The molecule has 1 aromatic rings. The first-order chi connectivity index (χ1) is 14.0. The molecular weight excluding hydrogens is 372 g/mol. The van der Waals surface area contributed by atoms with Crippen molar-refractivity contribution in [1.29, 1.82) is 0 Å². The summed E-state index contributed by atoms with van der Waals surface area (Å²) in [5, 5.41) is 30.0. The van der Waals surface area contributed by atoms with Crippen LogP contribution in [0.3, 0.4) is 0 Å². The van der Waals surface area contributed by atoms with Gasteiger partial charge in [-0.3, -0.25) is 0 Å². The number of benzene rings is 1. The van der Waals surface area contributed by atoms with E-state index in [-0.39, 0.29) is 11.5 Å². The lowest BCUT2D eigenvalue weighted by molar-refractivity contribution is 0.0432. The lowest BCUT2D eigenvalue weighted by Gasteiger charge is -2.23. The summed E-state index contributed by atoms with van der Waals surface area (Å²) < 4.78 is 0. The Bertz CT molecular complexity index is 763. The van der Waals surface area contributed by atoms with Gasteiger partial charge in [-0.15, -0.1) is 0 Å². The van der Waals surface area contributed by atoms with Crippen LogP contribution in [0.15, 0.2) is 47.1 Å². The Morgan fingerprint density at radius 3 is 1.97 bits per heavy atom. The zero-order valence-corrected chi connectivity index (χ0v) is 19.9. The van der Waals surface area contributed by atoms with Gasteiger partial charge in [-0.25, -0.2) is 0 Å². The molecule has 1 unspecified atom stereocenters. The second-order valence-electron chi connectivity index (χ2n) is 9.26. The van der Waals surface area contributed by atoms with Crippen LogP contribution in [0.4, 0.5) is 0 Å². The van der Waals surface area contributed by atoms with Gasteiger partial charge in [-0.1, -0.05) is 34.9 Å². The minimum absolute atomic E-state index is 0.0958. The Morgan fingerprint density at radius 1 is 0.833 bits per heavy atom. The van der Waals surface area contributed by atoms with Gasteiger partial charge in [-0.2, -0.15) is 0 Å². The monoisotopic (exact) mass is 414 g/mol. The molecule has 0 saturated heterocycles. The molecule has 0 fully saturated rings. The number of phenols is 2. The van der Waals surface area contributed by atoms with E-state index in [0.29, 0.717) is 19.3 Å². The summed E-state index contributed by atoms with van der Waals surface area (Å²) >= 11 is 0. The fourth-order valence-electron chi connectivity index (χ4n) is 3.49. The Hall–Kier alpha value is -2.00. The topological polar surface area (TPSA) is 60.7 Å². The van der Waals surface area contributed by atoms with Crippen LogP contribution in [0.2, 0.25) is 0 Å². The summed E-state index contributed by atoms with van der Waals surface area (Å²) in [7, 11) is 0. The van der Waals surface area contributed by atoms with Crippen LogP contribution >= 0.6 is 0 Å². The minimum atomic E-state index is -0.752. The predicted molar refractivity (Wildman–Crippen MR) is 128 cm³/mol. The van der Waals surface area contributed by atoms with Crippen LogP contribution in [0.1, 0.15) is 90.7 Å². The second-order valence-corrected chi connectivity index (χ2v) is 9.26. The lowest BCUT2D eigenvalue weighted by Crippen LogP contribution is -2.24. The van der Waals surface area contributed by atoms with E-state index in [9.17, 15) is 15.3 Å². The average Bonchev–Trinajstić information content (AvgIpc) is 2.63. The zero-order valence-electron chi connectivity index (χ0n) is 19.9. The SMILES string of the molecule is CC(C)=CCC/C(C)=C/CC/C(C)=C/CCC(C)(O)CCc1cc(O)c(O)cc1C. The van der Waals surface area contributed by atoms with E-state index in [2.05, 4.69) is 45.9 Å². The molecule has 0 saturated carbocycles. The molecule has 3 nitrogen and oxygen atoms in total. The third-order valence-corrected chi connectivity index (χ3v) is 5.66. The van der Waals surface area contributed by atoms with Crippen LogP contribution in [0.25, 0.3) is 0 Å². The summed E-state index contributed by atoms with van der Waals surface area (Å²) in [6.45, 7) is 12.5. The highest BCUT2D eigenvalue weighted by Gasteiger charge is 2.20. The van der Waals surface area contributed by atoms with Crippen molar-refractivity contribution in [2.24, 2.45) is 0 Å². The molecule has 3 heteroatoms. The fourth-order valence-corrected chi connectivity index (χ4v) is 3.49. The van der Waals surface area contributed by atoms with Crippen LogP contribution in [0.5, 0.6) is 11.5 Å². The van der Waals surface area contributed by atoms with Gasteiger partial charge in [0.1, 0.15) is 0 Å². The largest absolute Gasteiger partial charge is 0.504 e. The number of aryl methyl sites for hydroxylation is 2. The molecule has 168 valence electrons.